The molecule has 2 N–H and O–H groups in total. The molecule has 0 radical (unpaired) electrons. The molecule has 1 fully saturated rings. The molecule has 1 heterocycles. The molecule has 112 valence electrons. The average Bonchev–Trinajstić information content (AvgIpc) is 2.39. The maximum atomic E-state index is 12.3. The molecule has 1 saturated heterocycles. The van der Waals surface area contributed by atoms with E-state index < -0.39 is 16.6 Å². The summed E-state index contributed by atoms with van der Waals surface area (Å²) in [5, 5.41) is 0. The van der Waals surface area contributed by atoms with Crippen LogP contribution in [0.1, 0.15) is 12.8 Å². The molecule has 0 amide bonds. The van der Waals surface area contributed by atoms with Crippen LogP contribution >= 0.6 is 0 Å². The van der Waals surface area contributed by atoms with Crippen LogP contribution in [-0.4, -0.2) is 38.5 Å². The van der Waals surface area contributed by atoms with Gasteiger partial charge in [0.2, 0.25) is 10.0 Å². The molecule has 0 spiro atoms. The van der Waals surface area contributed by atoms with Crippen LogP contribution in [0, 0.1) is 0 Å². The summed E-state index contributed by atoms with van der Waals surface area (Å²) in [6, 6.07) is 5.00. The Morgan fingerprint density at radius 3 is 2.25 bits per heavy atom. The molecule has 20 heavy (non-hydrogen) atoms. The third-order valence-corrected chi connectivity index (χ3v) is 5.10. The van der Waals surface area contributed by atoms with Crippen molar-refractivity contribution in [2.45, 2.75) is 30.4 Å². The van der Waals surface area contributed by atoms with E-state index in [0.29, 0.717) is 25.9 Å². The number of rotatable bonds is 4. The second-order valence-electron chi connectivity index (χ2n) is 4.59. The average molecular weight is 306 g/mol. The van der Waals surface area contributed by atoms with Gasteiger partial charge in [-0.25, -0.2) is 8.42 Å². The van der Waals surface area contributed by atoms with Gasteiger partial charge < -0.3 is 10.5 Å². The fourth-order valence-electron chi connectivity index (χ4n) is 2.06. The Labute approximate surface area is 116 Å². The van der Waals surface area contributed by atoms with Gasteiger partial charge in [0.15, 0.2) is 0 Å². The highest BCUT2D eigenvalue weighted by atomic mass is 32.2. The van der Waals surface area contributed by atoms with Gasteiger partial charge in [-0.1, -0.05) is 0 Å². The fraction of sp³-hybridized carbons (Fsp3) is 0.500. The van der Waals surface area contributed by atoms with E-state index in [1.54, 1.807) is 0 Å². The predicted molar refractivity (Wildman–Crippen MR) is 69.0 cm³/mol. The molecule has 1 aliphatic rings. The summed E-state index contributed by atoms with van der Waals surface area (Å²) in [6.07, 6.45) is 1.23. The molecule has 8 heteroatoms. The highest BCUT2D eigenvalue weighted by Gasteiger charge is 2.28. The molecule has 0 bridgehead atoms. The minimum absolute atomic E-state index is 0.0308. The Balaban J connectivity index is 2.13. The maximum absolute atomic E-state index is 12.3. The number of hydrogen-bond donors (Lipinski definition) is 1. The van der Waals surface area contributed by atoms with E-state index in [2.05, 4.69) is 4.74 Å². The van der Waals surface area contributed by atoms with Crippen LogP contribution in [0.25, 0.3) is 0 Å². The van der Waals surface area contributed by atoms with Crippen molar-refractivity contribution in [3.63, 3.8) is 0 Å². The van der Waals surface area contributed by atoms with Gasteiger partial charge in [0, 0.05) is 19.1 Å². The van der Waals surface area contributed by atoms with Crippen molar-refractivity contribution < 1.29 is 21.9 Å². The summed E-state index contributed by atoms with van der Waals surface area (Å²) >= 11 is 0. The van der Waals surface area contributed by atoms with E-state index in [0.717, 1.165) is 0 Å². The Morgan fingerprint density at radius 2 is 1.75 bits per heavy atom. The quantitative estimate of drug-likeness (QED) is 0.912. The van der Waals surface area contributed by atoms with Gasteiger partial charge in [0.25, 0.3) is 0 Å². The van der Waals surface area contributed by atoms with E-state index in [1.165, 1.54) is 28.6 Å². The monoisotopic (exact) mass is 306 g/mol. The second-order valence-corrected chi connectivity index (χ2v) is 6.53. The lowest BCUT2D eigenvalue weighted by atomic mass is 10.1. The van der Waals surface area contributed by atoms with Gasteiger partial charge >= 0.3 is 6.61 Å². The number of alkyl halides is 2. The lowest BCUT2D eigenvalue weighted by molar-refractivity contribution is -0.0498. The zero-order valence-electron chi connectivity index (χ0n) is 10.7. The van der Waals surface area contributed by atoms with Crippen molar-refractivity contribution in [3.05, 3.63) is 24.3 Å². The third kappa shape index (κ3) is 3.44. The summed E-state index contributed by atoms with van der Waals surface area (Å²) in [5.74, 6) is -0.0698. The summed E-state index contributed by atoms with van der Waals surface area (Å²) in [6.45, 7) is -2.18. The van der Waals surface area contributed by atoms with Crippen LogP contribution in [0.3, 0.4) is 0 Å². The molecule has 1 aliphatic heterocycles. The van der Waals surface area contributed by atoms with Crippen molar-refractivity contribution >= 4 is 10.0 Å². The van der Waals surface area contributed by atoms with E-state index in [1.807, 2.05) is 0 Å². The van der Waals surface area contributed by atoms with Crippen molar-refractivity contribution in [1.29, 1.82) is 0 Å². The minimum Gasteiger partial charge on any atom is -0.435 e. The van der Waals surface area contributed by atoms with Gasteiger partial charge in [0.05, 0.1) is 4.90 Å². The molecule has 0 aliphatic carbocycles. The van der Waals surface area contributed by atoms with E-state index in [4.69, 9.17) is 5.73 Å². The van der Waals surface area contributed by atoms with Gasteiger partial charge in [0.1, 0.15) is 5.75 Å². The maximum Gasteiger partial charge on any atom is 0.387 e. The van der Waals surface area contributed by atoms with Gasteiger partial charge in [-0.15, -0.1) is 0 Å². The lowest BCUT2D eigenvalue weighted by Crippen LogP contribution is -2.42. The Hall–Kier alpha value is -1.25. The number of halogens is 2. The summed E-state index contributed by atoms with van der Waals surface area (Å²) in [7, 11) is -3.60. The molecule has 0 aromatic heterocycles. The molecule has 0 saturated carbocycles. The number of nitrogens with two attached hydrogens (primary N) is 1. The highest BCUT2D eigenvalue weighted by Crippen LogP contribution is 2.23. The normalized spacial score (nSPS) is 18.4. The van der Waals surface area contributed by atoms with Crippen molar-refractivity contribution in [3.8, 4) is 5.75 Å². The van der Waals surface area contributed by atoms with Crippen LogP contribution < -0.4 is 10.5 Å². The van der Waals surface area contributed by atoms with Crippen LogP contribution in [0.15, 0.2) is 29.2 Å². The van der Waals surface area contributed by atoms with Crippen molar-refractivity contribution in [2.24, 2.45) is 5.73 Å². The smallest absolute Gasteiger partial charge is 0.387 e. The topological polar surface area (TPSA) is 72.6 Å². The van der Waals surface area contributed by atoms with E-state index in [9.17, 15) is 17.2 Å². The summed E-state index contributed by atoms with van der Waals surface area (Å²) in [5.41, 5.74) is 5.74. The Morgan fingerprint density at radius 1 is 1.20 bits per heavy atom. The van der Waals surface area contributed by atoms with Gasteiger partial charge in [-0.2, -0.15) is 13.1 Å². The van der Waals surface area contributed by atoms with Crippen LogP contribution in [0.5, 0.6) is 5.75 Å². The first-order chi connectivity index (χ1) is 9.39. The summed E-state index contributed by atoms with van der Waals surface area (Å²) in [4.78, 5) is 0.0644. The highest BCUT2D eigenvalue weighted by molar-refractivity contribution is 7.89. The SMILES string of the molecule is NC1CCN(S(=O)(=O)c2ccc(OC(F)F)cc2)CC1. The lowest BCUT2D eigenvalue weighted by Gasteiger charge is -2.29. The number of nitrogens with zero attached hydrogens (tertiary/aromatic N) is 1. The molecular formula is C12H16F2N2O3S. The number of piperidine rings is 1. The first-order valence-corrected chi connectivity index (χ1v) is 7.64. The predicted octanol–water partition coefficient (Wildman–Crippen LogP) is 1.40. The standard InChI is InChI=1S/C12H16F2N2O3S/c13-12(14)19-10-1-3-11(4-2-10)20(17,18)16-7-5-9(15)6-8-16/h1-4,9,12H,5-8,15H2. The third-order valence-electron chi connectivity index (χ3n) is 3.19. The molecule has 1 aromatic carbocycles. The van der Waals surface area contributed by atoms with Crippen LogP contribution in [-0.2, 0) is 10.0 Å². The number of sulfonamides is 1. The van der Waals surface area contributed by atoms with Crippen molar-refractivity contribution in [1.82, 2.24) is 4.31 Å². The van der Waals surface area contributed by atoms with Gasteiger partial charge in [-0.3, -0.25) is 0 Å². The molecule has 2 rings (SSSR count). The van der Waals surface area contributed by atoms with Crippen molar-refractivity contribution in [2.75, 3.05) is 13.1 Å². The first kappa shape index (κ1) is 15.1. The van der Waals surface area contributed by atoms with Crippen LogP contribution in [0.2, 0.25) is 0 Å². The summed E-state index contributed by atoms with van der Waals surface area (Å²) < 4.78 is 54.2. The number of hydrogen-bond acceptors (Lipinski definition) is 4. The van der Waals surface area contributed by atoms with E-state index >= 15 is 0 Å². The zero-order chi connectivity index (χ0) is 14.8. The Kier molecular flexibility index (Phi) is 4.56. The molecule has 0 atom stereocenters. The van der Waals surface area contributed by atoms with Crippen LogP contribution in [0.4, 0.5) is 8.78 Å². The van der Waals surface area contributed by atoms with E-state index in [-0.39, 0.29) is 16.7 Å². The first-order valence-electron chi connectivity index (χ1n) is 6.20. The molecule has 1 aromatic rings. The molecule has 0 unspecified atom stereocenters. The minimum atomic E-state index is -3.60. The Bertz CT molecular complexity index is 540. The molecular weight excluding hydrogens is 290 g/mol. The fourth-order valence-corrected chi connectivity index (χ4v) is 3.53. The zero-order valence-corrected chi connectivity index (χ0v) is 11.5. The number of ether oxygens (including phenoxy) is 1. The number of benzene rings is 1. The van der Waals surface area contributed by atoms with Gasteiger partial charge in [-0.05, 0) is 37.1 Å². The largest absolute Gasteiger partial charge is 0.435 e. The second kappa shape index (κ2) is 6.02. The molecule has 5 nitrogen and oxygen atoms in total.